The number of rotatable bonds is 5. The minimum atomic E-state index is 0.146. The van der Waals surface area contributed by atoms with Crippen molar-refractivity contribution in [1.82, 2.24) is 10.3 Å². The topological polar surface area (TPSA) is 50.9 Å². The summed E-state index contributed by atoms with van der Waals surface area (Å²) >= 11 is 6.06. The zero-order valence-corrected chi connectivity index (χ0v) is 12.6. The van der Waals surface area contributed by atoms with E-state index in [0.717, 1.165) is 29.1 Å². The summed E-state index contributed by atoms with van der Waals surface area (Å²) in [6, 6.07) is 10.1. The molecule has 1 atom stereocenters. The Bertz CT molecular complexity index is 563. The Morgan fingerprint density at radius 1 is 1.35 bits per heavy atom. The number of nitrogen functional groups attached to an aromatic ring is 1. The van der Waals surface area contributed by atoms with E-state index in [1.54, 1.807) is 6.20 Å². The molecule has 1 heterocycles. The standard InChI is InChI=1S/C16H20ClN3/c1-3-19-14(10-12-5-4-6-13(17)9-12)15-11(2)7-8-20-16(15)18/h4-9,14,19H,3,10H2,1-2H3,(H2,18,20). The van der Waals surface area contributed by atoms with E-state index in [1.807, 2.05) is 24.3 Å². The summed E-state index contributed by atoms with van der Waals surface area (Å²) in [6.07, 6.45) is 2.59. The largest absolute Gasteiger partial charge is 0.383 e. The van der Waals surface area contributed by atoms with Crippen LogP contribution in [0.1, 0.15) is 29.7 Å². The first-order valence-electron chi connectivity index (χ1n) is 6.80. The summed E-state index contributed by atoms with van der Waals surface area (Å²) in [6.45, 7) is 5.03. The number of likely N-dealkylation sites (N-methyl/N-ethyl adjacent to an activating group) is 1. The highest BCUT2D eigenvalue weighted by Crippen LogP contribution is 2.26. The van der Waals surface area contributed by atoms with Gasteiger partial charge in [-0.15, -0.1) is 0 Å². The first-order valence-corrected chi connectivity index (χ1v) is 7.18. The van der Waals surface area contributed by atoms with Crippen molar-refractivity contribution >= 4 is 17.4 Å². The van der Waals surface area contributed by atoms with Crippen LogP contribution in [0.3, 0.4) is 0 Å². The van der Waals surface area contributed by atoms with Crippen LogP contribution in [-0.4, -0.2) is 11.5 Å². The van der Waals surface area contributed by atoms with Crippen LogP contribution in [0.25, 0.3) is 0 Å². The number of nitrogens with zero attached hydrogens (tertiary/aromatic N) is 1. The van der Waals surface area contributed by atoms with E-state index in [9.17, 15) is 0 Å². The van der Waals surface area contributed by atoms with E-state index in [0.29, 0.717) is 5.82 Å². The third-order valence-corrected chi connectivity index (χ3v) is 3.60. The third-order valence-electron chi connectivity index (χ3n) is 3.37. The second-order valence-electron chi connectivity index (χ2n) is 4.87. The van der Waals surface area contributed by atoms with E-state index in [4.69, 9.17) is 17.3 Å². The van der Waals surface area contributed by atoms with Gasteiger partial charge in [0.25, 0.3) is 0 Å². The van der Waals surface area contributed by atoms with E-state index < -0.39 is 0 Å². The predicted molar refractivity (Wildman–Crippen MR) is 85.0 cm³/mol. The highest BCUT2D eigenvalue weighted by Gasteiger charge is 2.17. The summed E-state index contributed by atoms with van der Waals surface area (Å²) in [7, 11) is 0. The zero-order valence-electron chi connectivity index (χ0n) is 11.9. The van der Waals surface area contributed by atoms with Crippen molar-refractivity contribution in [2.45, 2.75) is 26.3 Å². The first kappa shape index (κ1) is 14.8. The number of nitrogens with two attached hydrogens (primary N) is 1. The number of hydrogen-bond acceptors (Lipinski definition) is 3. The van der Waals surface area contributed by atoms with Crippen LogP contribution in [0.4, 0.5) is 5.82 Å². The predicted octanol–water partition coefficient (Wildman–Crippen LogP) is 3.52. The number of aryl methyl sites for hydroxylation is 1. The van der Waals surface area contributed by atoms with Crippen molar-refractivity contribution < 1.29 is 0 Å². The molecule has 3 nitrogen and oxygen atoms in total. The van der Waals surface area contributed by atoms with Gasteiger partial charge in [-0.25, -0.2) is 4.98 Å². The van der Waals surface area contributed by atoms with Crippen molar-refractivity contribution in [3.63, 3.8) is 0 Å². The summed E-state index contributed by atoms with van der Waals surface area (Å²) in [5.74, 6) is 0.595. The van der Waals surface area contributed by atoms with Crippen molar-refractivity contribution in [1.29, 1.82) is 0 Å². The summed E-state index contributed by atoms with van der Waals surface area (Å²) in [5, 5.41) is 4.24. The molecule has 0 aliphatic carbocycles. The maximum atomic E-state index is 6.06. The van der Waals surface area contributed by atoms with Gasteiger partial charge in [0, 0.05) is 22.8 Å². The third kappa shape index (κ3) is 3.50. The van der Waals surface area contributed by atoms with E-state index in [2.05, 4.69) is 30.2 Å². The molecule has 0 saturated heterocycles. The zero-order chi connectivity index (χ0) is 14.5. The second kappa shape index (κ2) is 6.73. The Kier molecular flexibility index (Phi) is 4.99. The van der Waals surface area contributed by atoms with Crippen molar-refractivity contribution in [3.8, 4) is 0 Å². The molecule has 2 aromatic rings. The molecule has 1 aromatic heterocycles. The number of anilines is 1. The molecule has 0 aliphatic heterocycles. The van der Waals surface area contributed by atoms with Gasteiger partial charge < -0.3 is 11.1 Å². The molecule has 0 spiro atoms. The van der Waals surface area contributed by atoms with Gasteiger partial charge in [-0.1, -0.05) is 30.7 Å². The number of aromatic nitrogens is 1. The van der Waals surface area contributed by atoms with E-state index in [-0.39, 0.29) is 6.04 Å². The Hall–Kier alpha value is -1.58. The fourth-order valence-electron chi connectivity index (χ4n) is 2.47. The molecule has 4 heteroatoms. The van der Waals surface area contributed by atoms with Crippen LogP contribution >= 0.6 is 11.6 Å². The van der Waals surface area contributed by atoms with Gasteiger partial charge in [0.1, 0.15) is 5.82 Å². The van der Waals surface area contributed by atoms with Crippen LogP contribution in [0.15, 0.2) is 36.5 Å². The fraction of sp³-hybridized carbons (Fsp3) is 0.312. The van der Waals surface area contributed by atoms with Gasteiger partial charge in [0.2, 0.25) is 0 Å². The Labute approximate surface area is 125 Å². The number of pyridine rings is 1. The van der Waals surface area contributed by atoms with Crippen LogP contribution in [0.2, 0.25) is 5.02 Å². The lowest BCUT2D eigenvalue weighted by molar-refractivity contribution is 0.547. The number of halogens is 1. The monoisotopic (exact) mass is 289 g/mol. The second-order valence-corrected chi connectivity index (χ2v) is 5.31. The van der Waals surface area contributed by atoms with Crippen LogP contribution in [0.5, 0.6) is 0 Å². The van der Waals surface area contributed by atoms with Gasteiger partial charge in [-0.3, -0.25) is 0 Å². The van der Waals surface area contributed by atoms with Gasteiger partial charge in [-0.2, -0.15) is 0 Å². The molecule has 2 rings (SSSR count). The lowest BCUT2D eigenvalue weighted by Crippen LogP contribution is -2.25. The summed E-state index contributed by atoms with van der Waals surface area (Å²) in [4.78, 5) is 4.21. The number of benzene rings is 1. The lowest BCUT2D eigenvalue weighted by atomic mass is 9.96. The Balaban J connectivity index is 2.32. The summed E-state index contributed by atoms with van der Waals surface area (Å²) < 4.78 is 0. The van der Waals surface area contributed by atoms with Crippen LogP contribution < -0.4 is 11.1 Å². The van der Waals surface area contributed by atoms with Crippen molar-refractivity contribution in [2.24, 2.45) is 0 Å². The van der Waals surface area contributed by atoms with Crippen molar-refractivity contribution in [2.75, 3.05) is 12.3 Å². The van der Waals surface area contributed by atoms with Crippen LogP contribution in [-0.2, 0) is 6.42 Å². The first-order chi connectivity index (χ1) is 9.61. The van der Waals surface area contributed by atoms with Gasteiger partial charge in [0.15, 0.2) is 0 Å². The van der Waals surface area contributed by atoms with E-state index in [1.165, 1.54) is 5.56 Å². The maximum absolute atomic E-state index is 6.06. The van der Waals surface area contributed by atoms with Gasteiger partial charge in [-0.05, 0) is 49.2 Å². The molecule has 0 bridgehead atoms. The highest BCUT2D eigenvalue weighted by atomic mass is 35.5. The summed E-state index contributed by atoms with van der Waals surface area (Å²) in [5.41, 5.74) is 9.48. The molecule has 0 saturated carbocycles. The molecule has 20 heavy (non-hydrogen) atoms. The normalized spacial score (nSPS) is 12.3. The lowest BCUT2D eigenvalue weighted by Gasteiger charge is -2.21. The molecule has 3 N–H and O–H groups in total. The molecule has 1 unspecified atom stereocenters. The average Bonchev–Trinajstić information content (AvgIpc) is 2.38. The van der Waals surface area contributed by atoms with Crippen molar-refractivity contribution in [3.05, 3.63) is 58.2 Å². The van der Waals surface area contributed by atoms with E-state index >= 15 is 0 Å². The molecule has 0 amide bonds. The average molecular weight is 290 g/mol. The van der Waals surface area contributed by atoms with Gasteiger partial charge in [0.05, 0.1) is 0 Å². The maximum Gasteiger partial charge on any atom is 0.128 e. The van der Waals surface area contributed by atoms with Gasteiger partial charge >= 0.3 is 0 Å². The molecular formula is C16H20ClN3. The highest BCUT2D eigenvalue weighted by molar-refractivity contribution is 6.30. The molecule has 106 valence electrons. The smallest absolute Gasteiger partial charge is 0.128 e. The Morgan fingerprint density at radius 2 is 2.15 bits per heavy atom. The number of nitrogens with one attached hydrogen (secondary N) is 1. The molecule has 0 fully saturated rings. The Morgan fingerprint density at radius 3 is 2.80 bits per heavy atom. The molecule has 0 aliphatic rings. The molecule has 0 radical (unpaired) electrons. The molecule has 1 aromatic carbocycles. The molecular weight excluding hydrogens is 270 g/mol. The quantitative estimate of drug-likeness (QED) is 0.885. The SMILES string of the molecule is CCNC(Cc1cccc(Cl)c1)c1c(C)ccnc1N. The fourth-order valence-corrected chi connectivity index (χ4v) is 2.68. The minimum absolute atomic E-state index is 0.146. The number of hydrogen-bond donors (Lipinski definition) is 2. The van der Waals surface area contributed by atoms with Crippen LogP contribution in [0, 0.1) is 6.92 Å². The minimum Gasteiger partial charge on any atom is -0.383 e.